The van der Waals surface area contributed by atoms with Crippen LogP contribution in [-0.4, -0.2) is 31.6 Å². The van der Waals surface area contributed by atoms with Gasteiger partial charge in [0.05, 0.1) is 5.69 Å². The maximum absolute atomic E-state index is 12.7. The second-order valence-electron chi connectivity index (χ2n) is 6.91. The summed E-state index contributed by atoms with van der Waals surface area (Å²) in [7, 11) is 0. The Bertz CT molecular complexity index is 1250. The third kappa shape index (κ3) is 4.26. The standard InChI is InChI=1S/C22H20ClN5O2/c1-15-25-19(17-5-3-2-4-6-17)13-20-26-27(22(30)28(15)20)14-21(29)24-12-11-16-7-9-18(23)10-8-16/h2-10,13H,11-12,14H2,1H3,(H,24,29). The first kappa shape index (κ1) is 19.8. The predicted octanol–water partition coefficient (Wildman–Crippen LogP) is 2.88. The molecule has 0 radical (unpaired) electrons. The molecule has 0 atom stereocenters. The zero-order valence-corrected chi connectivity index (χ0v) is 17.1. The number of carbonyl (C=O) groups is 1. The van der Waals surface area contributed by atoms with Crippen LogP contribution in [0.3, 0.4) is 0 Å². The van der Waals surface area contributed by atoms with Crippen LogP contribution in [0.2, 0.25) is 5.02 Å². The van der Waals surface area contributed by atoms with Crippen molar-refractivity contribution in [2.24, 2.45) is 0 Å². The average molecular weight is 422 g/mol. The second kappa shape index (κ2) is 8.51. The van der Waals surface area contributed by atoms with Crippen LogP contribution in [0, 0.1) is 6.92 Å². The maximum atomic E-state index is 12.7. The molecule has 8 heteroatoms. The van der Waals surface area contributed by atoms with Crippen molar-refractivity contribution in [2.75, 3.05) is 6.54 Å². The summed E-state index contributed by atoms with van der Waals surface area (Å²) in [6.45, 7) is 2.06. The van der Waals surface area contributed by atoms with Gasteiger partial charge in [0.15, 0.2) is 5.65 Å². The fourth-order valence-corrected chi connectivity index (χ4v) is 3.38. The van der Waals surface area contributed by atoms with Crippen molar-refractivity contribution in [3.05, 3.63) is 87.6 Å². The lowest BCUT2D eigenvalue weighted by Crippen LogP contribution is -2.34. The van der Waals surface area contributed by atoms with Gasteiger partial charge in [-0.1, -0.05) is 54.1 Å². The smallest absolute Gasteiger partial charge is 0.352 e. The molecular formula is C22H20ClN5O2. The molecule has 4 rings (SSSR count). The minimum atomic E-state index is -0.387. The van der Waals surface area contributed by atoms with Gasteiger partial charge < -0.3 is 5.32 Å². The lowest BCUT2D eigenvalue weighted by atomic mass is 10.1. The van der Waals surface area contributed by atoms with E-state index in [0.717, 1.165) is 21.5 Å². The molecular weight excluding hydrogens is 402 g/mol. The van der Waals surface area contributed by atoms with Crippen molar-refractivity contribution >= 4 is 23.2 Å². The number of fused-ring (bicyclic) bond motifs is 1. The number of aromatic nitrogens is 4. The highest BCUT2D eigenvalue weighted by molar-refractivity contribution is 6.30. The van der Waals surface area contributed by atoms with Crippen LogP contribution in [0.5, 0.6) is 0 Å². The molecule has 30 heavy (non-hydrogen) atoms. The van der Waals surface area contributed by atoms with Gasteiger partial charge in [0.2, 0.25) is 5.91 Å². The van der Waals surface area contributed by atoms with Gasteiger partial charge in [0.25, 0.3) is 0 Å². The van der Waals surface area contributed by atoms with E-state index < -0.39 is 0 Å². The Labute approximate surface area is 178 Å². The molecule has 2 heterocycles. The van der Waals surface area contributed by atoms with Crippen molar-refractivity contribution in [1.82, 2.24) is 24.5 Å². The summed E-state index contributed by atoms with van der Waals surface area (Å²) < 4.78 is 2.57. The molecule has 7 nitrogen and oxygen atoms in total. The van der Waals surface area contributed by atoms with E-state index in [4.69, 9.17) is 11.6 Å². The molecule has 0 aliphatic heterocycles. The van der Waals surface area contributed by atoms with Crippen LogP contribution in [0.4, 0.5) is 0 Å². The van der Waals surface area contributed by atoms with Crippen molar-refractivity contribution < 1.29 is 4.79 Å². The molecule has 4 aromatic rings. The topological polar surface area (TPSA) is 81.3 Å². The number of carbonyl (C=O) groups excluding carboxylic acids is 1. The van der Waals surface area contributed by atoms with E-state index in [9.17, 15) is 9.59 Å². The van der Waals surface area contributed by atoms with E-state index in [0.29, 0.717) is 29.5 Å². The van der Waals surface area contributed by atoms with Crippen LogP contribution in [-0.2, 0) is 17.8 Å². The van der Waals surface area contributed by atoms with Gasteiger partial charge in [-0.3, -0.25) is 4.79 Å². The molecule has 0 bridgehead atoms. The summed E-state index contributed by atoms with van der Waals surface area (Å²) >= 11 is 5.87. The molecule has 1 N–H and O–H groups in total. The van der Waals surface area contributed by atoms with Crippen LogP contribution >= 0.6 is 11.6 Å². The van der Waals surface area contributed by atoms with Gasteiger partial charge in [0, 0.05) is 23.2 Å². The fraction of sp³-hybridized carbons (Fsp3) is 0.182. The Kier molecular flexibility index (Phi) is 5.63. The van der Waals surface area contributed by atoms with E-state index in [1.165, 1.54) is 4.40 Å². The third-order valence-electron chi connectivity index (χ3n) is 4.75. The third-order valence-corrected chi connectivity index (χ3v) is 5.00. The zero-order chi connectivity index (χ0) is 21.1. The molecule has 0 saturated heterocycles. The number of aryl methyl sites for hydroxylation is 1. The second-order valence-corrected chi connectivity index (χ2v) is 7.35. The quantitative estimate of drug-likeness (QED) is 0.519. The summed E-state index contributed by atoms with van der Waals surface area (Å²) in [5.74, 6) is 0.245. The van der Waals surface area contributed by atoms with E-state index >= 15 is 0 Å². The number of amides is 1. The summed E-state index contributed by atoms with van der Waals surface area (Å²) in [6, 6.07) is 18.9. The van der Waals surface area contributed by atoms with Gasteiger partial charge in [-0.05, 0) is 31.0 Å². The fourth-order valence-electron chi connectivity index (χ4n) is 3.25. The first-order chi connectivity index (χ1) is 14.5. The molecule has 0 aliphatic rings. The van der Waals surface area contributed by atoms with Crippen LogP contribution in [0.1, 0.15) is 11.4 Å². The monoisotopic (exact) mass is 421 g/mol. The zero-order valence-electron chi connectivity index (χ0n) is 16.4. The van der Waals surface area contributed by atoms with Gasteiger partial charge in [0.1, 0.15) is 12.4 Å². The summed E-state index contributed by atoms with van der Waals surface area (Å²) in [4.78, 5) is 29.5. The highest BCUT2D eigenvalue weighted by atomic mass is 35.5. The van der Waals surface area contributed by atoms with E-state index in [1.807, 2.05) is 54.6 Å². The van der Waals surface area contributed by atoms with Gasteiger partial charge in [-0.15, -0.1) is 5.10 Å². The molecule has 0 fully saturated rings. The summed E-state index contributed by atoms with van der Waals surface area (Å²) in [6.07, 6.45) is 0.673. The number of hydrogen-bond acceptors (Lipinski definition) is 4. The lowest BCUT2D eigenvalue weighted by molar-refractivity contribution is -0.121. The Balaban J connectivity index is 1.48. The number of nitrogens with one attached hydrogen (secondary N) is 1. The molecule has 2 aromatic carbocycles. The minimum Gasteiger partial charge on any atom is -0.354 e. The normalized spacial score (nSPS) is 11.0. The summed E-state index contributed by atoms with van der Waals surface area (Å²) in [5.41, 5.74) is 2.80. The number of benzene rings is 2. The molecule has 1 amide bonds. The van der Waals surface area contributed by atoms with E-state index in [-0.39, 0.29) is 18.1 Å². The van der Waals surface area contributed by atoms with Crippen LogP contribution < -0.4 is 11.0 Å². The Morgan fingerprint density at radius 1 is 1.10 bits per heavy atom. The molecule has 0 saturated carbocycles. The lowest BCUT2D eigenvalue weighted by Gasteiger charge is -2.05. The van der Waals surface area contributed by atoms with Crippen molar-refractivity contribution in [1.29, 1.82) is 0 Å². The number of hydrogen-bond donors (Lipinski definition) is 1. The molecule has 0 aliphatic carbocycles. The van der Waals surface area contributed by atoms with Gasteiger partial charge in [-0.2, -0.15) is 0 Å². The van der Waals surface area contributed by atoms with Crippen LogP contribution in [0.15, 0.2) is 65.5 Å². The van der Waals surface area contributed by atoms with Gasteiger partial charge in [-0.25, -0.2) is 18.9 Å². The number of rotatable bonds is 6. The minimum absolute atomic E-state index is 0.152. The SMILES string of the molecule is Cc1nc(-c2ccccc2)cc2nn(CC(=O)NCCc3ccc(Cl)cc3)c(=O)n12. The highest BCUT2D eigenvalue weighted by Gasteiger charge is 2.14. The van der Waals surface area contributed by atoms with Gasteiger partial charge >= 0.3 is 5.69 Å². The number of nitrogens with zero attached hydrogens (tertiary/aromatic N) is 4. The van der Waals surface area contributed by atoms with Crippen molar-refractivity contribution in [2.45, 2.75) is 19.9 Å². The first-order valence-electron chi connectivity index (χ1n) is 9.55. The summed E-state index contributed by atoms with van der Waals surface area (Å²) in [5, 5.41) is 7.82. The molecule has 0 unspecified atom stereocenters. The molecule has 0 spiro atoms. The average Bonchev–Trinajstić information content (AvgIpc) is 3.05. The molecule has 152 valence electrons. The molecule has 2 aromatic heterocycles. The number of halogens is 1. The predicted molar refractivity (Wildman–Crippen MR) is 116 cm³/mol. The Hall–Kier alpha value is -3.45. The Morgan fingerprint density at radius 2 is 1.83 bits per heavy atom. The Morgan fingerprint density at radius 3 is 2.57 bits per heavy atom. The van der Waals surface area contributed by atoms with Crippen LogP contribution in [0.25, 0.3) is 16.9 Å². The highest BCUT2D eigenvalue weighted by Crippen LogP contribution is 2.18. The van der Waals surface area contributed by atoms with E-state index in [2.05, 4.69) is 15.4 Å². The van der Waals surface area contributed by atoms with Crippen molar-refractivity contribution in [3.63, 3.8) is 0 Å². The largest absolute Gasteiger partial charge is 0.354 e. The maximum Gasteiger partial charge on any atom is 0.352 e. The van der Waals surface area contributed by atoms with E-state index in [1.54, 1.807) is 13.0 Å². The van der Waals surface area contributed by atoms with Crippen molar-refractivity contribution in [3.8, 4) is 11.3 Å². The first-order valence-corrected chi connectivity index (χ1v) is 9.93.